The van der Waals surface area contributed by atoms with Crippen LogP contribution < -0.4 is 5.32 Å². The van der Waals surface area contributed by atoms with Crippen LogP contribution >= 0.6 is 11.8 Å². The Morgan fingerprint density at radius 1 is 1.29 bits per heavy atom. The SMILES string of the molecule is COC1CCC(NC2CSc3ccccc32)C1. The molecule has 1 aliphatic carbocycles. The number of ether oxygens (including phenoxy) is 1. The highest BCUT2D eigenvalue weighted by Crippen LogP contribution is 2.38. The average molecular weight is 249 g/mol. The summed E-state index contributed by atoms with van der Waals surface area (Å²) >= 11 is 1.97. The van der Waals surface area contributed by atoms with Gasteiger partial charge in [0.2, 0.25) is 0 Å². The van der Waals surface area contributed by atoms with Crippen LogP contribution in [0.2, 0.25) is 0 Å². The molecule has 0 radical (unpaired) electrons. The van der Waals surface area contributed by atoms with E-state index in [1.54, 1.807) is 0 Å². The molecular formula is C14H19NOS. The molecule has 0 spiro atoms. The van der Waals surface area contributed by atoms with Gasteiger partial charge >= 0.3 is 0 Å². The molecule has 0 saturated heterocycles. The summed E-state index contributed by atoms with van der Waals surface area (Å²) in [7, 11) is 1.83. The van der Waals surface area contributed by atoms with Gasteiger partial charge in [0.1, 0.15) is 0 Å². The molecular weight excluding hydrogens is 230 g/mol. The van der Waals surface area contributed by atoms with Gasteiger partial charge in [0.25, 0.3) is 0 Å². The highest BCUT2D eigenvalue weighted by Gasteiger charge is 2.29. The molecule has 3 rings (SSSR count). The number of methoxy groups -OCH3 is 1. The van der Waals surface area contributed by atoms with Crippen LogP contribution in [0.4, 0.5) is 0 Å². The summed E-state index contributed by atoms with van der Waals surface area (Å²) in [4.78, 5) is 1.45. The number of fused-ring (bicyclic) bond motifs is 1. The molecule has 3 atom stereocenters. The topological polar surface area (TPSA) is 21.3 Å². The normalized spacial score (nSPS) is 31.7. The van der Waals surface area contributed by atoms with E-state index in [-0.39, 0.29) is 0 Å². The van der Waals surface area contributed by atoms with Crippen LogP contribution in [-0.4, -0.2) is 25.0 Å². The van der Waals surface area contributed by atoms with E-state index >= 15 is 0 Å². The number of hydrogen-bond donors (Lipinski definition) is 1. The van der Waals surface area contributed by atoms with Crippen LogP contribution in [0.15, 0.2) is 29.2 Å². The van der Waals surface area contributed by atoms with E-state index in [0.717, 1.165) is 0 Å². The van der Waals surface area contributed by atoms with E-state index in [4.69, 9.17) is 4.74 Å². The first-order chi connectivity index (χ1) is 8.36. The van der Waals surface area contributed by atoms with Crippen molar-refractivity contribution < 1.29 is 4.74 Å². The summed E-state index contributed by atoms with van der Waals surface area (Å²) in [6.45, 7) is 0. The lowest BCUT2D eigenvalue weighted by molar-refractivity contribution is 0.106. The predicted octanol–water partition coefficient (Wildman–Crippen LogP) is 2.99. The Hall–Kier alpha value is -0.510. The van der Waals surface area contributed by atoms with Gasteiger partial charge in [-0.05, 0) is 30.9 Å². The Labute approximate surface area is 107 Å². The highest BCUT2D eigenvalue weighted by atomic mass is 32.2. The van der Waals surface area contributed by atoms with E-state index in [0.29, 0.717) is 18.2 Å². The number of thioether (sulfide) groups is 1. The largest absolute Gasteiger partial charge is 0.381 e. The smallest absolute Gasteiger partial charge is 0.0586 e. The van der Waals surface area contributed by atoms with Gasteiger partial charge in [-0.15, -0.1) is 11.8 Å². The van der Waals surface area contributed by atoms with Crippen LogP contribution in [0, 0.1) is 0 Å². The van der Waals surface area contributed by atoms with Gasteiger partial charge in [0.05, 0.1) is 6.10 Å². The Balaban J connectivity index is 1.64. The maximum atomic E-state index is 5.43. The molecule has 2 aliphatic rings. The minimum atomic E-state index is 0.469. The summed E-state index contributed by atoms with van der Waals surface area (Å²) in [5.74, 6) is 1.17. The molecule has 3 heteroatoms. The molecule has 1 heterocycles. The minimum Gasteiger partial charge on any atom is -0.381 e. The minimum absolute atomic E-state index is 0.469. The zero-order valence-corrected chi connectivity index (χ0v) is 11.0. The average Bonchev–Trinajstić information content (AvgIpc) is 2.97. The van der Waals surface area contributed by atoms with Crippen molar-refractivity contribution in [2.75, 3.05) is 12.9 Å². The molecule has 0 aromatic heterocycles. The zero-order chi connectivity index (χ0) is 11.7. The van der Waals surface area contributed by atoms with Crippen molar-refractivity contribution in [3.05, 3.63) is 29.8 Å². The maximum Gasteiger partial charge on any atom is 0.0586 e. The molecule has 3 unspecified atom stereocenters. The molecule has 1 N–H and O–H groups in total. The molecule has 1 aliphatic heterocycles. The summed E-state index contributed by atoms with van der Waals surface area (Å²) in [6, 6.07) is 9.94. The van der Waals surface area contributed by atoms with Crippen molar-refractivity contribution >= 4 is 11.8 Å². The summed E-state index contributed by atoms with van der Waals surface area (Å²) in [5, 5.41) is 3.80. The third-order valence-electron chi connectivity index (χ3n) is 3.85. The first-order valence-electron chi connectivity index (χ1n) is 6.37. The van der Waals surface area contributed by atoms with Crippen molar-refractivity contribution in [3.8, 4) is 0 Å². The van der Waals surface area contributed by atoms with Crippen LogP contribution in [-0.2, 0) is 4.74 Å². The van der Waals surface area contributed by atoms with Crippen LogP contribution in [0.3, 0.4) is 0 Å². The summed E-state index contributed by atoms with van der Waals surface area (Å²) in [6.07, 6.45) is 4.09. The van der Waals surface area contributed by atoms with Gasteiger partial charge in [0, 0.05) is 29.8 Å². The van der Waals surface area contributed by atoms with Gasteiger partial charge in [-0.25, -0.2) is 0 Å². The van der Waals surface area contributed by atoms with Gasteiger partial charge in [-0.2, -0.15) is 0 Å². The third-order valence-corrected chi connectivity index (χ3v) is 5.04. The predicted molar refractivity (Wildman–Crippen MR) is 71.5 cm³/mol. The van der Waals surface area contributed by atoms with Crippen molar-refractivity contribution in [2.24, 2.45) is 0 Å². The monoisotopic (exact) mass is 249 g/mol. The van der Waals surface area contributed by atoms with Crippen LogP contribution in [0.25, 0.3) is 0 Å². The van der Waals surface area contributed by atoms with Crippen molar-refractivity contribution in [2.45, 2.75) is 42.3 Å². The Morgan fingerprint density at radius 3 is 3.00 bits per heavy atom. The van der Waals surface area contributed by atoms with E-state index in [1.165, 1.54) is 35.5 Å². The van der Waals surface area contributed by atoms with Crippen molar-refractivity contribution in [1.29, 1.82) is 0 Å². The lowest BCUT2D eigenvalue weighted by Gasteiger charge is -2.19. The molecule has 17 heavy (non-hydrogen) atoms. The van der Waals surface area contributed by atoms with Gasteiger partial charge in [0.15, 0.2) is 0 Å². The second kappa shape index (κ2) is 5.01. The summed E-state index contributed by atoms with van der Waals surface area (Å²) in [5.41, 5.74) is 1.48. The lowest BCUT2D eigenvalue weighted by Crippen LogP contribution is -2.31. The van der Waals surface area contributed by atoms with Crippen molar-refractivity contribution in [3.63, 3.8) is 0 Å². The fourth-order valence-corrected chi connectivity index (χ4v) is 4.06. The molecule has 2 nitrogen and oxygen atoms in total. The van der Waals surface area contributed by atoms with Crippen LogP contribution in [0.5, 0.6) is 0 Å². The van der Waals surface area contributed by atoms with Gasteiger partial charge in [-0.1, -0.05) is 18.2 Å². The van der Waals surface area contributed by atoms with E-state index in [2.05, 4.69) is 29.6 Å². The third kappa shape index (κ3) is 2.37. The molecule has 1 saturated carbocycles. The van der Waals surface area contributed by atoms with E-state index in [9.17, 15) is 0 Å². The zero-order valence-electron chi connectivity index (χ0n) is 10.2. The van der Waals surface area contributed by atoms with Gasteiger partial charge in [-0.3, -0.25) is 0 Å². The highest BCUT2D eigenvalue weighted by molar-refractivity contribution is 7.99. The first-order valence-corrected chi connectivity index (χ1v) is 7.36. The van der Waals surface area contributed by atoms with Crippen molar-refractivity contribution in [1.82, 2.24) is 5.32 Å². The Morgan fingerprint density at radius 2 is 2.18 bits per heavy atom. The molecule has 0 bridgehead atoms. The molecule has 1 aromatic rings. The molecule has 1 aromatic carbocycles. The molecule has 1 fully saturated rings. The second-order valence-corrected chi connectivity index (χ2v) is 6.00. The second-order valence-electron chi connectivity index (χ2n) is 4.94. The quantitative estimate of drug-likeness (QED) is 0.890. The number of rotatable bonds is 3. The van der Waals surface area contributed by atoms with Gasteiger partial charge < -0.3 is 10.1 Å². The first kappa shape index (κ1) is 11.6. The fraction of sp³-hybridized carbons (Fsp3) is 0.571. The number of benzene rings is 1. The number of nitrogens with one attached hydrogen (secondary N) is 1. The summed E-state index contributed by atoms with van der Waals surface area (Å²) < 4.78 is 5.43. The standard InChI is InChI=1S/C14H19NOS/c1-16-11-7-6-10(8-11)15-13-9-17-14-5-3-2-4-12(13)14/h2-5,10-11,13,15H,6-9H2,1H3. The Kier molecular flexibility index (Phi) is 3.41. The number of hydrogen-bond acceptors (Lipinski definition) is 3. The lowest BCUT2D eigenvalue weighted by atomic mass is 10.1. The molecule has 0 amide bonds. The van der Waals surface area contributed by atoms with Crippen LogP contribution in [0.1, 0.15) is 30.9 Å². The Bertz CT molecular complexity index is 396. The van der Waals surface area contributed by atoms with E-state index in [1.807, 2.05) is 18.9 Å². The fourth-order valence-electron chi connectivity index (χ4n) is 2.89. The maximum absolute atomic E-state index is 5.43. The molecule has 92 valence electrons. The van der Waals surface area contributed by atoms with E-state index < -0.39 is 0 Å².